The molecule has 0 aliphatic rings. The average molecular weight is 596 g/mol. The van der Waals surface area contributed by atoms with Gasteiger partial charge in [0.1, 0.15) is 11.7 Å². The number of anilines is 1. The second-order valence-corrected chi connectivity index (χ2v) is 11.4. The smallest absolute Gasteiger partial charge is 0.260 e. The molecule has 0 bridgehead atoms. The van der Waals surface area contributed by atoms with E-state index in [0.29, 0.717) is 28.5 Å². The second kappa shape index (κ2) is 14.9. The van der Waals surface area contributed by atoms with Crippen LogP contribution in [0.4, 0.5) is 11.5 Å². The first-order chi connectivity index (χ1) is 20.7. The maximum atomic E-state index is 13.9. The van der Waals surface area contributed by atoms with Gasteiger partial charge in [-0.05, 0) is 82.2 Å². The molecule has 2 aromatic carbocycles. The van der Waals surface area contributed by atoms with E-state index in [0.717, 1.165) is 66.1 Å². The molecule has 0 unspecified atom stereocenters. The Bertz CT molecular complexity index is 1640. The summed E-state index contributed by atoms with van der Waals surface area (Å²) in [6.45, 7) is 11.6. The van der Waals surface area contributed by atoms with Crippen molar-refractivity contribution in [3.05, 3.63) is 106 Å². The molecule has 43 heavy (non-hydrogen) atoms. The number of aliphatic imine (C=N–C) groups is 1. The summed E-state index contributed by atoms with van der Waals surface area (Å²) in [5.74, 6) is 1.40. The Labute approximate surface area is 260 Å². The minimum Gasteiger partial charge on any atom is -0.344 e. The van der Waals surface area contributed by atoms with Gasteiger partial charge in [-0.3, -0.25) is 14.3 Å². The lowest BCUT2D eigenvalue weighted by molar-refractivity contribution is 0.413. The zero-order valence-corrected chi connectivity index (χ0v) is 26.7. The number of rotatable bonds is 12. The first kappa shape index (κ1) is 31.9. The Hall–Kier alpha value is -4.00. The van der Waals surface area contributed by atoms with Crippen molar-refractivity contribution in [3.8, 4) is 22.3 Å². The van der Waals surface area contributed by atoms with E-state index in [4.69, 9.17) is 16.6 Å². The Morgan fingerprint density at radius 1 is 1.05 bits per heavy atom. The van der Waals surface area contributed by atoms with Gasteiger partial charge in [0, 0.05) is 64.4 Å². The van der Waals surface area contributed by atoms with Crippen LogP contribution in [0.1, 0.15) is 49.9 Å². The summed E-state index contributed by atoms with van der Waals surface area (Å²) in [5.41, 5.74) is 6.96. The molecule has 4 rings (SSSR count). The molecule has 0 saturated heterocycles. The van der Waals surface area contributed by atoms with Crippen molar-refractivity contribution in [2.45, 2.75) is 53.0 Å². The average Bonchev–Trinajstić information content (AvgIpc) is 3.00. The highest BCUT2D eigenvalue weighted by molar-refractivity contribution is 6.33. The molecule has 1 N–H and O–H groups in total. The van der Waals surface area contributed by atoms with Crippen LogP contribution in [0, 0.1) is 6.92 Å². The second-order valence-electron chi connectivity index (χ2n) is 11.0. The van der Waals surface area contributed by atoms with Crippen molar-refractivity contribution in [1.82, 2.24) is 14.5 Å². The molecule has 0 spiro atoms. The fraction of sp³-hybridized carbons (Fsp3) is 0.306. The summed E-state index contributed by atoms with van der Waals surface area (Å²) in [5, 5.41) is 4.02. The highest BCUT2D eigenvalue weighted by Gasteiger charge is 2.17. The van der Waals surface area contributed by atoms with Crippen molar-refractivity contribution >= 4 is 35.0 Å². The molecule has 4 aromatic rings. The monoisotopic (exact) mass is 595 g/mol. The highest BCUT2D eigenvalue weighted by Crippen LogP contribution is 2.33. The van der Waals surface area contributed by atoms with Crippen molar-refractivity contribution < 1.29 is 0 Å². The summed E-state index contributed by atoms with van der Waals surface area (Å²) >= 11 is 6.79. The number of hydrogen-bond donors (Lipinski definition) is 1. The van der Waals surface area contributed by atoms with E-state index in [9.17, 15) is 4.79 Å². The molecule has 0 saturated carbocycles. The molecule has 6 nitrogen and oxygen atoms in total. The van der Waals surface area contributed by atoms with E-state index < -0.39 is 0 Å². The first-order valence-corrected chi connectivity index (χ1v) is 15.3. The SMILES string of the molecule is C=Cc1cc(-c2ccc(-c3ccc(C)nc3)cc2Cl)c(=O)n(CC)c1N=C(CCCC)Nc1ccc(CCN(C)C)cc1. The van der Waals surface area contributed by atoms with Crippen LogP contribution in [-0.2, 0) is 13.0 Å². The number of benzene rings is 2. The Morgan fingerprint density at radius 3 is 2.40 bits per heavy atom. The maximum Gasteiger partial charge on any atom is 0.260 e. The number of amidine groups is 1. The van der Waals surface area contributed by atoms with E-state index in [2.05, 4.69) is 67.1 Å². The molecule has 0 aliphatic heterocycles. The number of pyridine rings is 2. The standard InChI is InChI=1S/C36H42ClN5O/c1-7-10-11-34(39-30-17-13-26(14-18-30)20-21-41(5)6)40-35-27(8-2)22-32(36(43)42(35)9-3)31-19-16-28(23-33(31)37)29-15-12-25(4)38-24-29/h8,12-19,22-24H,2,7,9-11,20-21H2,1,3-6H3,(H,39,40). The Kier molecular flexibility index (Phi) is 11.1. The van der Waals surface area contributed by atoms with E-state index in [1.807, 2.05) is 56.4 Å². The fourth-order valence-corrected chi connectivity index (χ4v) is 5.17. The van der Waals surface area contributed by atoms with E-state index in [1.54, 1.807) is 10.6 Å². The van der Waals surface area contributed by atoms with Gasteiger partial charge in [0.2, 0.25) is 0 Å². The molecular weight excluding hydrogens is 554 g/mol. The lowest BCUT2D eigenvalue weighted by atomic mass is 10.00. The molecule has 7 heteroatoms. The topological polar surface area (TPSA) is 62.5 Å². The lowest BCUT2D eigenvalue weighted by Gasteiger charge is -2.17. The molecule has 0 radical (unpaired) electrons. The molecule has 0 aliphatic carbocycles. The van der Waals surface area contributed by atoms with Crippen LogP contribution >= 0.6 is 11.6 Å². The molecule has 224 valence electrons. The van der Waals surface area contributed by atoms with Crippen LogP contribution in [0.5, 0.6) is 0 Å². The molecule has 0 amide bonds. The van der Waals surface area contributed by atoms with Gasteiger partial charge in [-0.25, -0.2) is 4.99 Å². The van der Waals surface area contributed by atoms with Crippen molar-refractivity contribution in [2.75, 3.05) is 26.0 Å². The summed E-state index contributed by atoms with van der Waals surface area (Å²) in [4.78, 5) is 25.5. The quantitative estimate of drug-likeness (QED) is 0.131. The summed E-state index contributed by atoms with van der Waals surface area (Å²) in [7, 11) is 4.17. The molecule has 2 heterocycles. The van der Waals surface area contributed by atoms with Crippen molar-refractivity contribution in [2.24, 2.45) is 4.99 Å². The number of likely N-dealkylation sites (N-methyl/N-ethyl adjacent to an activating group) is 1. The van der Waals surface area contributed by atoms with Gasteiger partial charge in [0.15, 0.2) is 0 Å². The van der Waals surface area contributed by atoms with Gasteiger partial charge in [0.25, 0.3) is 5.56 Å². The third-order valence-corrected chi connectivity index (χ3v) is 7.74. The fourth-order valence-electron chi connectivity index (χ4n) is 4.88. The number of nitrogens with one attached hydrogen (secondary N) is 1. The molecule has 0 fully saturated rings. The molecular formula is C36H42ClN5O. The normalized spacial score (nSPS) is 11.7. The summed E-state index contributed by atoms with van der Waals surface area (Å²) in [6.07, 6.45) is 7.35. The minimum absolute atomic E-state index is 0.140. The number of hydrogen-bond acceptors (Lipinski definition) is 4. The molecule has 0 atom stereocenters. The number of aryl methyl sites for hydroxylation is 1. The van der Waals surface area contributed by atoms with E-state index in [1.165, 1.54) is 5.56 Å². The molecule has 2 aromatic heterocycles. The van der Waals surface area contributed by atoms with Crippen molar-refractivity contribution in [1.29, 1.82) is 0 Å². The third-order valence-electron chi connectivity index (χ3n) is 7.43. The van der Waals surface area contributed by atoms with Gasteiger partial charge < -0.3 is 10.2 Å². The van der Waals surface area contributed by atoms with Crippen LogP contribution in [0.3, 0.4) is 0 Å². The lowest BCUT2D eigenvalue weighted by Crippen LogP contribution is -2.23. The predicted octanol–water partition coefficient (Wildman–Crippen LogP) is 8.64. The zero-order valence-electron chi connectivity index (χ0n) is 26.0. The van der Waals surface area contributed by atoms with Crippen LogP contribution in [-0.4, -0.2) is 40.9 Å². The van der Waals surface area contributed by atoms with Gasteiger partial charge in [-0.15, -0.1) is 0 Å². The van der Waals surface area contributed by atoms with Crippen LogP contribution in [0.25, 0.3) is 28.3 Å². The van der Waals surface area contributed by atoms with Crippen LogP contribution < -0.4 is 10.9 Å². The van der Waals surface area contributed by atoms with Crippen LogP contribution in [0.2, 0.25) is 5.02 Å². The van der Waals surface area contributed by atoms with Crippen molar-refractivity contribution in [3.63, 3.8) is 0 Å². The van der Waals surface area contributed by atoms with E-state index in [-0.39, 0.29) is 5.56 Å². The Morgan fingerprint density at radius 2 is 1.79 bits per heavy atom. The maximum absolute atomic E-state index is 13.9. The number of halogens is 1. The van der Waals surface area contributed by atoms with Gasteiger partial charge in [-0.2, -0.15) is 0 Å². The van der Waals surface area contributed by atoms with Gasteiger partial charge in [-0.1, -0.05) is 67.9 Å². The zero-order chi connectivity index (χ0) is 30.9. The predicted molar refractivity (Wildman–Crippen MR) is 184 cm³/mol. The number of aromatic nitrogens is 2. The number of nitrogens with zero attached hydrogens (tertiary/aromatic N) is 4. The minimum atomic E-state index is -0.140. The third kappa shape index (κ3) is 8.09. The first-order valence-electron chi connectivity index (χ1n) is 15.0. The number of unbranched alkanes of at least 4 members (excludes halogenated alkanes) is 1. The van der Waals surface area contributed by atoms with Gasteiger partial charge in [0.05, 0.1) is 0 Å². The van der Waals surface area contributed by atoms with E-state index >= 15 is 0 Å². The summed E-state index contributed by atoms with van der Waals surface area (Å²) < 4.78 is 1.71. The Balaban J connectivity index is 1.71. The summed E-state index contributed by atoms with van der Waals surface area (Å²) in [6, 6.07) is 20.1. The van der Waals surface area contributed by atoms with Gasteiger partial charge >= 0.3 is 0 Å². The highest BCUT2D eigenvalue weighted by atomic mass is 35.5. The largest absolute Gasteiger partial charge is 0.344 e. The van der Waals surface area contributed by atoms with Crippen LogP contribution in [0.15, 0.2) is 83.2 Å².